The normalized spacial score (nSPS) is 16.3. The zero-order valence-electron chi connectivity index (χ0n) is 11.6. The maximum atomic E-state index is 13.2. The maximum absolute atomic E-state index is 13.2. The van der Waals surface area contributed by atoms with Crippen molar-refractivity contribution in [3.63, 3.8) is 0 Å². The number of aromatic nitrogens is 1. The molecular formula is C15H15FN2O3. The van der Waals surface area contributed by atoms with Crippen LogP contribution < -0.4 is 5.32 Å². The maximum Gasteiger partial charge on any atom is 0.289 e. The average Bonchev–Trinajstić information content (AvgIpc) is 2.92. The summed E-state index contributed by atoms with van der Waals surface area (Å²) in [6, 6.07) is 7.47. The highest BCUT2D eigenvalue weighted by molar-refractivity contribution is 5.92. The van der Waals surface area contributed by atoms with E-state index in [0.29, 0.717) is 31.0 Å². The third-order valence-electron chi connectivity index (χ3n) is 3.43. The van der Waals surface area contributed by atoms with Gasteiger partial charge in [0.2, 0.25) is 5.76 Å². The van der Waals surface area contributed by atoms with E-state index in [2.05, 4.69) is 10.5 Å². The molecule has 1 fully saturated rings. The van der Waals surface area contributed by atoms with Gasteiger partial charge in [0, 0.05) is 23.6 Å². The first-order chi connectivity index (χ1) is 10.1. The predicted molar refractivity (Wildman–Crippen MR) is 73.2 cm³/mol. The second-order valence-corrected chi connectivity index (χ2v) is 5.57. The van der Waals surface area contributed by atoms with Gasteiger partial charge in [-0.05, 0) is 12.1 Å². The molecule has 2 aromatic rings. The van der Waals surface area contributed by atoms with Crippen LogP contribution in [0, 0.1) is 11.2 Å². The molecule has 0 saturated carbocycles. The topological polar surface area (TPSA) is 64.4 Å². The Kier molecular flexibility index (Phi) is 3.47. The summed E-state index contributed by atoms with van der Waals surface area (Å²) in [4.78, 5) is 12.0. The summed E-state index contributed by atoms with van der Waals surface area (Å²) in [6.45, 7) is 3.83. The van der Waals surface area contributed by atoms with Gasteiger partial charge in [0.1, 0.15) is 11.5 Å². The van der Waals surface area contributed by atoms with E-state index in [9.17, 15) is 9.18 Å². The largest absolute Gasteiger partial charge is 0.380 e. The summed E-state index contributed by atoms with van der Waals surface area (Å²) >= 11 is 0. The lowest BCUT2D eigenvalue weighted by Gasteiger charge is -2.37. The number of rotatable bonds is 4. The molecule has 1 saturated heterocycles. The molecule has 1 aliphatic rings. The van der Waals surface area contributed by atoms with E-state index >= 15 is 0 Å². The smallest absolute Gasteiger partial charge is 0.289 e. The molecule has 1 aromatic carbocycles. The van der Waals surface area contributed by atoms with Crippen molar-refractivity contribution in [3.8, 4) is 11.3 Å². The number of hydrogen-bond acceptors (Lipinski definition) is 4. The van der Waals surface area contributed by atoms with Crippen LogP contribution in [-0.2, 0) is 4.74 Å². The monoisotopic (exact) mass is 290 g/mol. The van der Waals surface area contributed by atoms with Crippen molar-refractivity contribution in [2.75, 3.05) is 19.8 Å². The predicted octanol–water partition coefficient (Wildman–Crippen LogP) is 2.25. The van der Waals surface area contributed by atoms with Crippen molar-refractivity contribution in [1.82, 2.24) is 10.5 Å². The number of nitrogens with zero attached hydrogens (tertiary/aromatic N) is 1. The second-order valence-electron chi connectivity index (χ2n) is 5.57. The third kappa shape index (κ3) is 2.95. The highest BCUT2D eigenvalue weighted by Crippen LogP contribution is 2.25. The van der Waals surface area contributed by atoms with Gasteiger partial charge >= 0.3 is 0 Å². The Morgan fingerprint density at radius 2 is 2.24 bits per heavy atom. The van der Waals surface area contributed by atoms with E-state index in [4.69, 9.17) is 9.26 Å². The number of nitrogens with one attached hydrogen (secondary N) is 1. The van der Waals surface area contributed by atoms with Gasteiger partial charge in [0.05, 0.1) is 13.2 Å². The van der Waals surface area contributed by atoms with Crippen LogP contribution in [0.25, 0.3) is 11.3 Å². The van der Waals surface area contributed by atoms with Gasteiger partial charge in [0.15, 0.2) is 0 Å². The first-order valence-electron chi connectivity index (χ1n) is 6.64. The highest BCUT2D eigenvalue weighted by atomic mass is 19.1. The first-order valence-corrected chi connectivity index (χ1v) is 6.64. The van der Waals surface area contributed by atoms with E-state index in [1.165, 1.54) is 18.2 Å². The minimum atomic E-state index is -0.362. The number of halogens is 1. The number of carbonyl (C=O) groups excluding carboxylic acids is 1. The minimum Gasteiger partial charge on any atom is -0.380 e. The zero-order chi connectivity index (χ0) is 14.9. The fourth-order valence-corrected chi connectivity index (χ4v) is 2.10. The highest BCUT2D eigenvalue weighted by Gasteiger charge is 2.33. The molecule has 1 aliphatic heterocycles. The molecule has 5 nitrogen and oxygen atoms in total. The Balaban J connectivity index is 1.68. The van der Waals surface area contributed by atoms with Gasteiger partial charge in [-0.25, -0.2) is 4.39 Å². The molecule has 3 rings (SSSR count). The van der Waals surface area contributed by atoms with Crippen LogP contribution in [0.4, 0.5) is 4.39 Å². The Bertz CT molecular complexity index is 664. The SMILES string of the molecule is CC1(CNC(=O)c2cc(-c3cccc(F)c3)no2)COC1. The molecule has 110 valence electrons. The van der Waals surface area contributed by atoms with Crippen molar-refractivity contribution < 1.29 is 18.4 Å². The van der Waals surface area contributed by atoms with Crippen LogP contribution in [0.5, 0.6) is 0 Å². The van der Waals surface area contributed by atoms with Crippen LogP contribution in [0.2, 0.25) is 0 Å². The molecule has 0 aliphatic carbocycles. The fourth-order valence-electron chi connectivity index (χ4n) is 2.10. The van der Waals surface area contributed by atoms with E-state index in [-0.39, 0.29) is 22.9 Å². The molecule has 0 atom stereocenters. The van der Waals surface area contributed by atoms with Crippen LogP contribution in [0.15, 0.2) is 34.9 Å². The minimum absolute atomic E-state index is 0.0128. The molecule has 0 spiro atoms. The van der Waals surface area contributed by atoms with Gasteiger partial charge in [-0.2, -0.15) is 0 Å². The number of hydrogen-bond donors (Lipinski definition) is 1. The Morgan fingerprint density at radius 3 is 2.90 bits per heavy atom. The molecule has 2 heterocycles. The first kappa shape index (κ1) is 13.8. The van der Waals surface area contributed by atoms with Crippen molar-refractivity contribution >= 4 is 5.91 Å². The number of amides is 1. The second kappa shape index (κ2) is 5.29. The summed E-state index contributed by atoms with van der Waals surface area (Å²) in [5.41, 5.74) is 0.983. The number of ether oxygens (including phenoxy) is 1. The summed E-state index contributed by atoms with van der Waals surface area (Å²) in [7, 11) is 0. The van der Waals surface area contributed by atoms with Gasteiger partial charge in [-0.3, -0.25) is 4.79 Å². The summed E-state index contributed by atoms with van der Waals surface area (Å²) < 4.78 is 23.3. The van der Waals surface area contributed by atoms with Crippen LogP contribution in [-0.4, -0.2) is 30.8 Å². The van der Waals surface area contributed by atoms with Crippen LogP contribution in [0.1, 0.15) is 17.5 Å². The van der Waals surface area contributed by atoms with E-state index in [1.54, 1.807) is 12.1 Å². The zero-order valence-corrected chi connectivity index (χ0v) is 11.6. The molecule has 0 bridgehead atoms. The van der Waals surface area contributed by atoms with Crippen molar-refractivity contribution in [2.24, 2.45) is 5.41 Å². The molecule has 21 heavy (non-hydrogen) atoms. The molecule has 1 amide bonds. The molecule has 1 aromatic heterocycles. The van der Waals surface area contributed by atoms with Crippen molar-refractivity contribution in [2.45, 2.75) is 6.92 Å². The third-order valence-corrected chi connectivity index (χ3v) is 3.43. The number of carbonyl (C=O) groups is 1. The van der Waals surface area contributed by atoms with Gasteiger partial charge in [-0.1, -0.05) is 24.2 Å². The van der Waals surface area contributed by atoms with Crippen molar-refractivity contribution in [3.05, 3.63) is 41.9 Å². The Labute approximate surface area is 121 Å². The Morgan fingerprint density at radius 1 is 1.43 bits per heavy atom. The molecular weight excluding hydrogens is 275 g/mol. The van der Waals surface area contributed by atoms with Gasteiger partial charge in [0.25, 0.3) is 5.91 Å². The van der Waals surface area contributed by atoms with Crippen molar-refractivity contribution in [1.29, 1.82) is 0 Å². The summed E-state index contributed by atoms with van der Waals surface area (Å²) in [5.74, 6) is -0.587. The Hall–Kier alpha value is -2.21. The van der Waals surface area contributed by atoms with Crippen LogP contribution in [0.3, 0.4) is 0 Å². The molecule has 0 unspecified atom stereocenters. The van der Waals surface area contributed by atoms with E-state index in [0.717, 1.165) is 0 Å². The quantitative estimate of drug-likeness (QED) is 0.938. The lowest BCUT2D eigenvalue weighted by atomic mass is 9.89. The van der Waals surface area contributed by atoms with Gasteiger partial charge < -0.3 is 14.6 Å². The average molecular weight is 290 g/mol. The molecule has 1 N–H and O–H groups in total. The summed E-state index contributed by atoms with van der Waals surface area (Å²) in [5, 5.41) is 6.59. The van der Waals surface area contributed by atoms with E-state index < -0.39 is 0 Å². The lowest BCUT2D eigenvalue weighted by Crippen LogP contribution is -2.48. The number of benzene rings is 1. The van der Waals surface area contributed by atoms with E-state index in [1.807, 2.05) is 6.92 Å². The fraction of sp³-hybridized carbons (Fsp3) is 0.333. The molecule has 0 radical (unpaired) electrons. The lowest BCUT2D eigenvalue weighted by molar-refractivity contribution is -0.0978. The van der Waals surface area contributed by atoms with Gasteiger partial charge in [-0.15, -0.1) is 0 Å². The molecule has 6 heteroatoms. The standard InChI is InChI=1S/C15H15FN2O3/c1-15(8-20-9-15)7-17-14(19)13-6-12(18-21-13)10-3-2-4-11(16)5-10/h2-6H,7-9H2,1H3,(H,17,19). The summed E-state index contributed by atoms with van der Waals surface area (Å²) in [6.07, 6.45) is 0. The van der Waals surface area contributed by atoms with Crippen LogP contribution >= 0.6 is 0 Å².